The summed E-state index contributed by atoms with van der Waals surface area (Å²) in [6.07, 6.45) is 10.4. The molecule has 14 nitrogen and oxygen atoms in total. The summed E-state index contributed by atoms with van der Waals surface area (Å²) in [5.74, 6) is -0.558. The van der Waals surface area contributed by atoms with Crippen molar-refractivity contribution in [2.24, 2.45) is 0 Å². The first-order valence-electron chi connectivity index (χ1n) is 18.5. The predicted octanol–water partition coefficient (Wildman–Crippen LogP) is 1.95. The van der Waals surface area contributed by atoms with E-state index >= 15 is 0 Å². The van der Waals surface area contributed by atoms with Gasteiger partial charge in [-0.3, -0.25) is 4.79 Å². The van der Waals surface area contributed by atoms with Crippen LogP contribution in [0.3, 0.4) is 0 Å². The molecular weight excluding hydrogens is 668 g/mol. The first-order chi connectivity index (χ1) is 24.6. The Labute approximate surface area is 302 Å². The molecule has 2 saturated heterocycles. The molecule has 7 N–H and O–H groups in total. The van der Waals surface area contributed by atoms with Gasteiger partial charge in [0.15, 0.2) is 12.6 Å². The van der Waals surface area contributed by atoms with E-state index in [9.17, 15) is 40.5 Å². The summed E-state index contributed by atoms with van der Waals surface area (Å²) in [4.78, 5) is 11.7. The van der Waals surface area contributed by atoms with Gasteiger partial charge in [0.25, 0.3) is 0 Å². The fourth-order valence-electron chi connectivity index (χ4n) is 5.71. The molecule has 0 aliphatic carbocycles. The molecular formula is C37H64O14. The molecule has 0 saturated carbocycles. The summed E-state index contributed by atoms with van der Waals surface area (Å²) in [7, 11) is 0. The fraction of sp³-hybridized carbons (Fsp3) is 0.811. The van der Waals surface area contributed by atoms with E-state index in [1.54, 1.807) is 0 Å². The minimum absolute atomic E-state index is 0.0399. The summed E-state index contributed by atoms with van der Waals surface area (Å²) in [5, 5.41) is 70.8. The third-order valence-corrected chi connectivity index (χ3v) is 8.71. The van der Waals surface area contributed by atoms with Crippen LogP contribution in [0, 0.1) is 0 Å². The van der Waals surface area contributed by atoms with Crippen LogP contribution in [0.1, 0.15) is 90.9 Å². The average Bonchev–Trinajstić information content (AvgIpc) is 3.11. The fourth-order valence-corrected chi connectivity index (χ4v) is 5.71. The molecule has 11 atom stereocenters. The molecule has 0 aromatic rings. The number of aliphatic hydroxyl groups excluding tert-OH is 7. The van der Waals surface area contributed by atoms with Crippen LogP contribution in [0.25, 0.3) is 0 Å². The Balaban J connectivity index is 1.62. The number of ether oxygens (including phenoxy) is 6. The maximum Gasteiger partial charge on any atom is 0.303 e. The second-order valence-corrected chi connectivity index (χ2v) is 13.1. The Morgan fingerprint density at radius 3 is 1.78 bits per heavy atom. The molecule has 296 valence electrons. The number of allylic oxidation sites excluding steroid dienone is 6. The van der Waals surface area contributed by atoms with Crippen molar-refractivity contribution in [3.63, 3.8) is 0 Å². The zero-order chi connectivity index (χ0) is 37.4. The lowest BCUT2D eigenvalue weighted by Gasteiger charge is -2.42. The van der Waals surface area contributed by atoms with Crippen LogP contribution in [-0.2, 0) is 33.2 Å². The highest BCUT2D eigenvalue weighted by atomic mass is 16.7. The highest BCUT2D eigenvalue weighted by Crippen LogP contribution is 2.26. The quantitative estimate of drug-likeness (QED) is 0.0385. The lowest BCUT2D eigenvalue weighted by molar-refractivity contribution is -0.332. The van der Waals surface area contributed by atoms with Gasteiger partial charge in [-0.1, -0.05) is 81.9 Å². The minimum Gasteiger partial charge on any atom is -0.458 e. The Kier molecular flexibility index (Phi) is 23.9. The molecule has 11 unspecified atom stereocenters. The number of hydrogen-bond donors (Lipinski definition) is 7. The molecule has 0 aromatic carbocycles. The van der Waals surface area contributed by atoms with E-state index in [0.717, 1.165) is 44.9 Å². The minimum atomic E-state index is -1.70. The predicted molar refractivity (Wildman–Crippen MR) is 187 cm³/mol. The molecule has 0 aromatic heterocycles. The van der Waals surface area contributed by atoms with Crippen molar-refractivity contribution in [3.05, 3.63) is 36.5 Å². The summed E-state index contributed by atoms with van der Waals surface area (Å²) in [6.45, 7) is 2.51. The molecule has 2 rings (SSSR count). The molecule has 14 heteroatoms. The van der Waals surface area contributed by atoms with E-state index in [4.69, 9.17) is 28.4 Å². The normalized spacial score (nSPS) is 30.8. The zero-order valence-electron chi connectivity index (χ0n) is 30.3. The lowest BCUT2D eigenvalue weighted by atomic mass is 9.98. The van der Waals surface area contributed by atoms with Crippen molar-refractivity contribution in [1.29, 1.82) is 0 Å². The lowest BCUT2D eigenvalue weighted by Crippen LogP contribution is -2.61. The Bertz CT molecular complexity index is 990. The monoisotopic (exact) mass is 732 g/mol. The number of carbonyl (C=O) groups excluding carboxylic acids is 1. The van der Waals surface area contributed by atoms with Crippen LogP contribution in [0.15, 0.2) is 36.5 Å². The largest absolute Gasteiger partial charge is 0.458 e. The molecule has 2 heterocycles. The average molecular weight is 733 g/mol. The van der Waals surface area contributed by atoms with Gasteiger partial charge in [-0.25, -0.2) is 0 Å². The number of aliphatic hydroxyl groups is 7. The molecule has 0 bridgehead atoms. The topological polar surface area (TPSA) is 214 Å². The summed E-state index contributed by atoms with van der Waals surface area (Å²) < 4.78 is 33.0. The van der Waals surface area contributed by atoms with Gasteiger partial charge in [-0.05, 0) is 38.5 Å². The van der Waals surface area contributed by atoms with Crippen molar-refractivity contribution in [3.8, 4) is 0 Å². The molecule has 0 amide bonds. The molecule has 0 spiro atoms. The maximum absolute atomic E-state index is 11.7. The SMILES string of the molecule is CC/C=C\C/C=C\C/C=C\CCCCCCCCCCOCC(COC1OC(COC2OC(CO)C(O)C(O)C2O)C(O)C(O)C1O)OC(C)=O. The molecule has 2 aliphatic rings. The van der Waals surface area contributed by atoms with Gasteiger partial charge in [-0.2, -0.15) is 0 Å². The number of carbonyl (C=O) groups is 1. The highest BCUT2D eigenvalue weighted by molar-refractivity contribution is 5.66. The first kappa shape index (κ1) is 45.4. The van der Waals surface area contributed by atoms with Gasteiger partial charge in [0.2, 0.25) is 0 Å². The number of unbranched alkanes of at least 4 members (excludes halogenated alkanes) is 8. The van der Waals surface area contributed by atoms with Crippen LogP contribution in [0.4, 0.5) is 0 Å². The van der Waals surface area contributed by atoms with Crippen molar-refractivity contribution in [1.82, 2.24) is 0 Å². The molecule has 2 fully saturated rings. The van der Waals surface area contributed by atoms with E-state index in [-0.39, 0.29) is 13.2 Å². The molecule has 2 aliphatic heterocycles. The summed E-state index contributed by atoms with van der Waals surface area (Å²) in [5.41, 5.74) is 0. The van der Waals surface area contributed by atoms with Gasteiger partial charge in [-0.15, -0.1) is 0 Å². The second-order valence-electron chi connectivity index (χ2n) is 13.1. The smallest absolute Gasteiger partial charge is 0.303 e. The number of hydrogen-bond acceptors (Lipinski definition) is 14. The molecule has 0 radical (unpaired) electrons. The van der Waals surface area contributed by atoms with Crippen molar-refractivity contribution in [2.45, 2.75) is 158 Å². The first-order valence-corrected chi connectivity index (χ1v) is 18.5. The van der Waals surface area contributed by atoms with Gasteiger partial charge in [0.05, 0.1) is 26.4 Å². The van der Waals surface area contributed by atoms with E-state index < -0.39 is 86.7 Å². The van der Waals surface area contributed by atoms with Gasteiger partial charge in [0, 0.05) is 13.5 Å². The van der Waals surface area contributed by atoms with E-state index in [1.807, 2.05) is 0 Å². The second kappa shape index (κ2) is 26.9. The van der Waals surface area contributed by atoms with Gasteiger partial charge < -0.3 is 64.2 Å². The van der Waals surface area contributed by atoms with E-state index in [1.165, 1.54) is 39.0 Å². The standard InChI is InChI=1S/C37H64O14/c1-3-4-5-6-7-8-9-10-11-12-13-14-15-16-17-18-19-20-21-46-23-27(49-26(2)39)24-47-36-35(45)33(43)31(41)29(51-36)25-48-37-34(44)32(42)30(40)28(22-38)50-37/h4-5,7-8,10-11,27-38,40-45H,3,6,9,12-25H2,1-2H3/b5-4-,8-7-,11-10-. The van der Waals surface area contributed by atoms with Crippen LogP contribution < -0.4 is 0 Å². The number of rotatable bonds is 26. The third kappa shape index (κ3) is 17.7. The summed E-state index contributed by atoms with van der Waals surface area (Å²) in [6, 6.07) is 0. The third-order valence-electron chi connectivity index (χ3n) is 8.71. The van der Waals surface area contributed by atoms with E-state index in [2.05, 4.69) is 43.4 Å². The van der Waals surface area contributed by atoms with Crippen LogP contribution in [-0.4, -0.2) is 142 Å². The van der Waals surface area contributed by atoms with Crippen molar-refractivity contribution < 1.29 is 69.0 Å². The number of esters is 1. The maximum atomic E-state index is 11.7. The van der Waals surface area contributed by atoms with Crippen LogP contribution in [0.2, 0.25) is 0 Å². The molecule has 51 heavy (non-hydrogen) atoms. The van der Waals surface area contributed by atoms with Crippen molar-refractivity contribution >= 4 is 5.97 Å². The Hall–Kier alpha value is -1.79. The Morgan fingerprint density at radius 2 is 1.18 bits per heavy atom. The Morgan fingerprint density at radius 1 is 0.647 bits per heavy atom. The van der Waals surface area contributed by atoms with Crippen LogP contribution in [0.5, 0.6) is 0 Å². The highest BCUT2D eigenvalue weighted by Gasteiger charge is 2.47. The van der Waals surface area contributed by atoms with Gasteiger partial charge >= 0.3 is 5.97 Å². The van der Waals surface area contributed by atoms with Gasteiger partial charge in [0.1, 0.15) is 54.9 Å². The zero-order valence-corrected chi connectivity index (χ0v) is 30.3. The van der Waals surface area contributed by atoms with Crippen LogP contribution >= 0.6 is 0 Å². The summed E-state index contributed by atoms with van der Waals surface area (Å²) >= 11 is 0. The van der Waals surface area contributed by atoms with Crippen molar-refractivity contribution in [2.75, 3.05) is 33.0 Å². The van der Waals surface area contributed by atoms with E-state index in [0.29, 0.717) is 6.61 Å².